The van der Waals surface area contributed by atoms with Gasteiger partial charge in [0.05, 0.1) is 0 Å². The molecule has 54 valence electrons. The molecule has 1 heterocycles. The summed E-state index contributed by atoms with van der Waals surface area (Å²) in [7, 11) is 0. The summed E-state index contributed by atoms with van der Waals surface area (Å²) in [5.74, 6) is -0.258. The third kappa shape index (κ3) is 0.589. The van der Waals surface area contributed by atoms with E-state index in [0.717, 1.165) is 0 Å². The van der Waals surface area contributed by atoms with E-state index in [-0.39, 0.29) is 18.0 Å². The van der Waals surface area contributed by atoms with E-state index in [1.54, 1.807) is 6.08 Å². The maximum absolute atomic E-state index is 10.9. The lowest BCUT2D eigenvalue weighted by molar-refractivity contribution is -0.132. The highest BCUT2D eigenvalue weighted by atomic mass is 16.6. The SMILES string of the molecule is C[C@@]1(O)C(=O)C=C[C@@H]2O[C@@H]21. The van der Waals surface area contributed by atoms with E-state index < -0.39 is 5.60 Å². The molecular formula is C7H8O3. The predicted molar refractivity (Wildman–Crippen MR) is 33.4 cm³/mol. The van der Waals surface area contributed by atoms with Gasteiger partial charge >= 0.3 is 0 Å². The second-order valence-corrected chi connectivity index (χ2v) is 2.89. The molecule has 0 radical (unpaired) electrons. The van der Waals surface area contributed by atoms with Crippen LogP contribution in [0.15, 0.2) is 12.2 Å². The Kier molecular flexibility index (Phi) is 0.904. The van der Waals surface area contributed by atoms with Crippen molar-refractivity contribution in [3.05, 3.63) is 12.2 Å². The summed E-state index contributed by atoms with van der Waals surface area (Å²) in [6.45, 7) is 1.49. The molecule has 1 aliphatic heterocycles. The Labute approximate surface area is 58.3 Å². The standard InChI is InChI=1S/C7H8O3/c1-7(9)5(8)3-2-4-6(7)10-4/h2-4,6,9H,1H3/t4-,6-,7+/m0/s1. The fourth-order valence-corrected chi connectivity index (χ4v) is 1.21. The maximum atomic E-state index is 10.9. The maximum Gasteiger partial charge on any atom is 0.189 e. The van der Waals surface area contributed by atoms with Crippen molar-refractivity contribution in [3.63, 3.8) is 0 Å². The topological polar surface area (TPSA) is 49.8 Å². The molecule has 0 aromatic carbocycles. The van der Waals surface area contributed by atoms with Crippen LogP contribution in [0.5, 0.6) is 0 Å². The highest BCUT2D eigenvalue weighted by Crippen LogP contribution is 2.37. The summed E-state index contributed by atoms with van der Waals surface area (Å²) >= 11 is 0. The molecule has 0 amide bonds. The molecule has 0 unspecified atom stereocenters. The van der Waals surface area contributed by atoms with E-state index in [2.05, 4.69) is 0 Å². The Bertz CT molecular complexity index is 217. The van der Waals surface area contributed by atoms with Crippen molar-refractivity contribution in [2.24, 2.45) is 0 Å². The molecule has 3 nitrogen and oxygen atoms in total. The number of carbonyl (C=O) groups excluding carboxylic acids is 1. The summed E-state index contributed by atoms with van der Waals surface area (Å²) in [5, 5.41) is 9.43. The smallest absolute Gasteiger partial charge is 0.189 e. The third-order valence-electron chi connectivity index (χ3n) is 2.02. The molecule has 0 spiro atoms. The van der Waals surface area contributed by atoms with Crippen LogP contribution in [0, 0.1) is 0 Å². The van der Waals surface area contributed by atoms with Gasteiger partial charge in [-0.2, -0.15) is 0 Å². The first-order valence-corrected chi connectivity index (χ1v) is 3.23. The number of ether oxygens (including phenoxy) is 1. The van der Waals surface area contributed by atoms with Crippen LogP contribution in [-0.4, -0.2) is 28.7 Å². The van der Waals surface area contributed by atoms with E-state index in [1.165, 1.54) is 13.0 Å². The number of rotatable bonds is 0. The molecule has 0 bridgehead atoms. The number of ketones is 1. The number of aliphatic hydroxyl groups is 1. The number of hydrogen-bond donors (Lipinski definition) is 1. The monoisotopic (exact) mass is 140 g/mol. The van der Waals surface area contributed by atoms with Gasteiger partial charge in [-0.1, -0.05) is 0 Å². The van der Waals surface area contributed by atoms with Gasteiger partial charge in [-0.15, -0.1) is 0 Å². The highest BCUT2D eigenvalue weighted by Gasteiger charge is 2.55. The molecule has 1 saturated heterocycles. The van der Waals surface area contributed by atoms with Crippen LogP contribution in [0.1, 0.15) is 6.92 Å². The van der Waals surface area contributed by atoms with Crippen LogP contribution in [0.25, 0.3) is 0 Å². The normalized spacial score (nSPS) is 50.8. The van der Waals surface area contributed by atoms with Crippen molar-refractivity contribution >= 4 is 5.78 Å². The van der Waals surface area contributed by atoms with Gasteiger partial charge < -0.3 is 9.84 Å². The van der Waals surface area contributed by atoms with Gasteiger partial charge in [0, 0.05) is 0 Å². The molecule has 1 fully saturated rings. The van der Waals surface area contributed by atoms with Gasteiger partial charge in [-0.25, -0.2) is 0 Å². The molecule has 0 aromatic rings. The summed E-state index contributed by atoms with van der Waals surface area (Å²) in [6.07, 6.45) is 2.76. The van der Waals surface area contributed by atoms with Crippen molar-refractivity contribution in [3.8, 4) is 0 Å². The first kappa shape index (κ1) is 6.07. The van der Waals surface area contributed by atoms with E-state index >= 15 is 0 Å². The van der Waals surface area contributed by atoms with Crippen LogP contribution in [0.3, 0.4) is 0 Å². The molecule has 1 N–H and O–H groups in total. The zero-order valence-corrected chi connectivity index (χ0v) is 5.57. The minimum atomic E-state index is -1.28. The fourth-order valence-electron chi connectivity index (χ4n) is 1.21. The van der Waals surface area contributed by atoms with Gasteiger partial charge in [0.25, 0.3) is 0 Å². The number of hydrogen-bond acceptors (Lipinski definition) is 3. The lowest BCUT2D eigenvalue weighted by atomic mass is 9.90. The molecule has 0 saturated carbocycles. The van der Waals surface area contributed by atoms with Crippen LogP contribution in [-0.2, 0) is 9.53 Å². The van der Waals surface area contributed by atoms with Gasteiger partial charge in [-0.05, 0) is 19.1 Å². The average Bonchev–Trinajstić information content (AvgIpc) is 2.58. The second-order valence-electron chi connectivity index (χ2n) is 2.89. The van der Waals surface area contributed by atoms with E-state index in [0.29, 0.717) is 0 Å². The van der Waals surface area contributed by atoms with Crippen LogP contribution in [0.2, 0.25) is 0 Å². The highest BCUT2D eigenvalue weighted by molar-refractivity contribution is 5.98. The molecule has 0 aromatic heterocycles. The third-order valence-corrected chi connectivity index (χ3v) is 2.02. The van der Waals surface area contributed by atoms with Crippen LogP contribution in [0.4, 0.5) is 0 Å². The lowest BCUT2D eigenvalue weighted by Gasteiger charge is -2.18. The zero-order valence-electron chi connectivity index (χ0n) is 5.57. The second kappa shape index (κ2) is 1.49. The fraction of sp³-hybridized carbons (Fsp3) is 0.571. The largest absolute Gasteiger partial charge is 0.379 e. The Hall–Kier alpha value is -0.670. The quantitative estimate of drug-likeness (QED) is 0.467. The van der Waals surface area contributed by atoms with Crippen molar-refractivity contribution in [1.29, 1.82) is 0 Å². The number of epoxide rings is 1. The number of fused-ring (bicyclic) bond motifs is 1. The molecule has 1 aliphatic carbocycles. The van der Waals surface area contributed by atoms with E-state index in [9.17, 15) is 9.90 Å². The molecule has 2 rings (SSSR count). The van der Waals surface area contributed by atoms with Gasteiger partial charge in [0.2, 0.25) is 0 Å². The molecule has 3 atom stereocenters. The van der Waals surface area contributed by atoms with E-state index in [4.69, 9.17) is 4.74 Å². The minimum Gasteiger partial charge on any atom is -0.379 e. The van der Waals surface area contributed by atoms with Crippen LogP contribution >= 0.6 is 0 Å². The summed E-state index contributed by atoms with van der Waals surface area (Å²) in [4.78, 5) is 10.9. The predicted octanol–water partition coefficient (Wildman–Crippen LogP) is -0.356. The summed E-state index contributed by atoms with van der Waals surface area (Å²) < 4.78 is 5.01. The first-order valence-electron chi connectivity index (χ1n) is 3.23. The first-order chi connectivity index (χ1) is 4.62. The summed E-state index contributed by atoms with van der Waals surface area (Å²) in [5.41, 5.74) is -1.28. The Morgan fingerprint density at radius 3 is 3.10 bits per heavy atom. The number of carbonyl (C=O) groups is 1. The molecular weight excluding hydrogens is 132 g/mol. The van der Waals surface area contributed by atoms with Gasteiger partial charge in [0.15, 0.2) is 11.4 Å². The molecule has 2 aliphatic rings. The average molecular weight is 140 g/mol. The summed E-state index contributed by atoms with van der Waals surface area (Å²) in [6, 6.07) is 0. The van der Waals surface area contributed by atoms with Crippen LogP contribution < -0.4 is 0 Å². The Morgan fingerprint density at radius 2 is 2.50 bits per heavy atom. The minimum absolute atomic E-state index is 0.0206. The van der Waals surface area contributed by atoms with Gasteiger partial charge in [0.1, 0.15) is 12.2 Å². The lowest BCUT2D eigenvalue weighted by Crippen LogP contribution is -2.42. The van der Waals surface area contributed by atoms with Crippen molar-refractivity contribution < 1.29 is 14.6 Å². The molecule has 3 heteroatoms. The Morgan fingerprint density at radius 1 is 1.80 bits per heavy atom. The Balaban J connectivity index is 2.35. The van der Waals surface area contributed by atoms with E-state index in [1.807, 2.05) is 0 Å². The van der Waals surface area contributed by atoms with Crippen molar-refractivity contribution in [2.75, 3.05) is 0 Å². The van der Waals surface area contributed by atoms with Crippen molar-refractivity contribution in [2.45, 2.75) is 24.7 Å². The van der Waals surface area contributed by atoms with Gasteiger partial charge in [-0.3, -0.25) is 4.79 Å². The van der Waals surface area contributed by atoms with Crippen molar-refractivity contribution in [1.82, 2.24) is 0 Å². The molecule has 10 heavy (non-hydrogen) atoms. The zero-order chi connectivity index (χ0) is 7.35.